The molecule has 0 aromatic heterocycles. The number of hydrogen-bond donors (Lipinski definition) is 1. The molecule has 1 heterocycles. The van der Waals surface area contributed by atoms with Crippen molar-refractivity contribution in [3.05, 3.63) is 0 Å². The quantitative estimate of drug-likeness (QED) is 0.775. The molecular weight excluding hydrogens is 211 g/mol. The Kier molecular flexibility index (Phi) is 2.72. The van der Waals surface area contributed by atoms with Gasteiger partial charge in [-0.2, -0.15) is 24.9 Å². The fourth-order valence-electron chi connectivity index (χ4n) is 1.88. The number of thioether (sulfide) groups is 1. The lowest BCUT2D eigenvalue weighted by Crippen LogP contribution is -2.51. The first-order chi connectivity index (χ1) is 6.54. The van der Waals surface area contributed by atoms with Gasteiger partial charge in [0.15, 0.2) is 0 Å². The molecule has 1 atom stereocenters. The van der Waals surface area contributed by atoms with E-state index in [9.17, 15) is 13.2 Å². The van der Waals surface area contributed by atoms with Crippen molar-refractivity contribution in [3.8, 4) is 0 Å². The van der Waals surface area contributed by atoms with Crippen molar-refractivity contribution in [1.29, 1.82) is 0 Å². The summed E-state index contributed by atoms with van der Waals surface area (Å²) in [5, 5.41) is 2.80. The zero-order valence-corrected chi connectivity index (χ0v) is 8.68. The summed E-state index contributed by atoms with van der Waals surface area (Å²) in [4.78, 5) is 0. The smallest absolute Gasteiger partial charge is 0.300 e. The van der Waals surface area contributed by atoms with E-state index in [4.69, 9.17) is 0 Å². The maximum absolute atomic E-state index is 12.6. The average Bonchev–Trinajstić information content (AvgIpc) is 2.86. The first-order valence-corrected chi connectivity index (χ1v) is 6.11. The molecule has 1 N–H and O–H groups in total. The molecule has 82 valence electrons. The highest BCUT2D eigenvalue weighted by atomic mass is 32.2. The first kappa shape index (κ1) is 10.6. The van der Waals surface area contributed by atoms with Crippen molar-refractivity contribution in [2.75, 3.05) is 11.5 Å². The Labute approximate surface area is 85.8 Å². The summed E-state index contributed by atoms with van der Waals surface area (Å²) in [6.07, 6.45) is -1.61. The average molecular weight is 225 g/mol. The van der Waals surface area contributed by atoms with Gasteiger partial charge in [-0.25, -0.2) is 0 Å². The maximum Gasteiger partial charge on any atom is 0.406 e. The largest absolute Gasteiger partial charge is 0.406 e. The van der Waals surface area contributed by atoms with Crippen LogP contribution in [0, 0.1) is 0 Å². The molecule has 1 unspecified atom stereocenters. The molecule has 1 saturated heterocycles. The van der Waals surface area contributed by atoms with Crippen LogP contribution in [-0.4, -0.2) is 29.3 Å². The highest BCUT2D eigenvalue weighted by molar-refractivity contribution is 7.99. The molecule has 0 aromatic rings. The topological polar surface area (TPSA) is 12.0 Å². The van der Waals surface area contributed by atoms with Crippen LogP contribution in [0.1, 0.15) is 25.7 Å². The van der Waals surface area contributed by atoms with Crippen LogP contribution in [0.2, 0.25) is 0 Å². The zero-order valence-electron chi connectivity index (χ0n) is 7.86. The van der Waals surface area contributed by atoms with E-state index in [0.29, 0.717) is 0 Å². The van der Waals surface area contributed by atoms with E-state index in [1.165, 1.54) is 0 Å². The third-order valence-electron chi connectivity index (χ3n) is 2.93. The van der Waals surface area contributed by atoms with Gasteiger partial charge < -0.3 is 0 Å². The number of rotatable bonds is 2. The molecule has 2 fully saturated rings. The molecule has 1 nitrogen and oxygen atoms in total. The molecule has 2 rings (SSSR count). The third-order valence-corrected chi connectivity index (χ3v) is 4.15. The van der Waals surface area contributed by atoms with Gasteiger partial charge in [0.1, 0.15) is 5.54 Å². The van der Waals surface area contributed by atoms with Crippen LogP contribution >= 0.6 is 11.8 Å². The van der Waals surface area contributed by atoms with E-state index in [1.54, 1.807) is 11.8 Å². The van der Waals surface area contributed by atoms with Gasteiger partial charge >= 0.3 is 6.18 Å². The SMILES string of the molecule is FC(F)(F)C1(NC2CCCSC2)CC1. The summed E-state index contributed by atoms with van der Waals surface area (Å²) >= 11 is 1.75. The molecule has 14 heavy (non-hydrogen) atoms. The third kappa shape index (κ3) is 2.03. The number of hydrogen-bond acceptors (Lipinski definition) is 2. The van der Waals surface area contributed by atoms with Gasteiger partial charge in [0.25, 0.3) is 0 Å². The predicted octanol–water partition coefficient (Wildman–Crippen LogP) is 2.57. The minimum absolute atomic E-state index is 0.0675. The Morgan fingerprint density at radius 2 is 2.00 bits per heavy atom. The van der Waals surface area contributed by atoms with Crippen LogP contribution < -0.4 is 5.32 Å². The summed E-state index contributed by atoms with van der Waals surface area (Å²) in [5.74, 6) is 1.93. The van der Waals surface area contributed by atoms with Crippen LogP contribution in [0.3, 0.4) is 0 Å². The molecule has 0 radical (unpaired) electrons. The molecule has 1 saturated carbocycles. The van der Waals surface area contributed by atoms with E-state index in [0.717, 1.165) is 24.3 Å². The van der Waals surface area contributed by atoms with Crippen molar-refractivity contribution in [1.82, 2.24) is 5.32 Å². The molecule has 0 amide bonds. The number of alkyl halides is 3. The molecule has 1 aliphatic carbocycles. The van der Waals surface area contributed by atoms with Crippen LogP contribution in [0.4, 0.5) is 13.2 Å². The van der Waals surface area contributed by atoms with Gasteiger partial charge in [-0.1, -0.05) is 0 Å². The van der Waals surface area contributed by atoms with Gasteiger partial charge in [-0.05, 0) is 31.4 Å². The fourth-order valence-corrected chi connectivity index (χ4v) is 2.95. The molecule has 0 aromatic carbocycles. The highest BCUT2D eigenvalue weighted by Gasteiger charge is 2.63. The predicted molar refractivity (Wildman–Crippen MR) is 51.5 cm³/mol. The summed E-state index contributed by atoms with van der Waals surface area (Å²) in [6.45, 7) is 0. The van der Waals surface area contributed by atoms with Crippen LogP contribution in [0.25, 0.3) is 0 Å². The number of nitrogens with one attached hydrogen (secondary N) is 1. The monoisotopic (exact) mass is 225 g/mol. The maximum atomic E-state index is 12.6. The van der Waals surface area contributed by atoms with Crippen molar-refractivity contribution in [3.63, 3.8) is 0 Å². The van der Waals surface area contributed by atoms with Crippen LogP contribution in [0.15, 0.2) is 0 Å². The highest BCUT2D eigenvalue weighted by Crippen LogP contribution is 2.49. The van der Waals surface area contributed by atoms with Gasteiger partial charge in [-0.15, -0.1) is 0 Å². The molecule has 0 spiro atoms. The normalized spacial score (nSPS) is 31.5. The lowest BCUT2D eigenvalue weighted by atomic mass is 10.1. The second-order valence-corrected chi connectivity index (χ2v) is 5.29. The molecule has 0 bridgehead atoms. The molecule has 5 heteroatoms. The van der Waals surface area contributed by atoms with Crippen molar-refractivity contribution in [2.45, 2.75) is 43.4 Å². The van der Waals surface area contributed by atoms with Gasteiger partial charge in [-0.3, -0.25) is 5.32 Å². The lowest BCUT2D eigenvalue weighted by molar-refractivity contribution is -0.167. The van der Waals surface area contributed by atoms with Crippen molar-refractivity contribution in [2.24, 2.45) is 0 Å². The van der Waals surface area contributed by atoms with Gasteiger partial charge in [0.2, 0.25) is 0 Å². The van der Waals surface area contributed by atoms with Crippen molar-refractivity contribution >= 4 is 11.8 Å². The Morgan fingerprint density at radius 1 is 1.29 bits per heavy atom. The summed E-state index contributed by atoms with van der Waals surface area (Å²) < 4.78 is 37.7. The standard InChI is InChI=1S/C9H14F3NS/c10-9(11,12)8(3-4-8)13-7-2-1-5-14-6-7/h7,13H,1-6H2. The van der Waals surface area contributed by atoms with Gasteiger partial charge in [0, 0.05) is 11.8 Å². The van der Waals surface area contributed by atoms with Gasteiger partial charge in [0.05, 0.1) is 0 Å². The second kappa shape index (κ2) is 3.59. The Balaban J connectivity index is 1.90. The van der Waals surface area contributed by atoms with E-state index < -0.39 is 11.7 Å². The van der Waals surface area contributed by atoms with Crippen LogP contribution in [0.5, 0.6) is 0 Å². The lowest BCUT2D eigenvalue weighted by Gasteiger charge is -2.29. The summed E-state index contributed by atoms with van der Waals surface area (Å²) in [6, 6.07) is 0.0675. The summed E-state index contributed by atoms with van der Waals surface area (Å²) in [5.41, 5.74) is -1.52. The van der Waals surface area contributed by atoms with E-state index in [2.05, 4.69) is 5.32 Å². The number of halogens is 3. The zero-order chi connectivity index (χ0) is 10.2. The molecule has 1 aliphatic heterocycles. The van der Waals surface area contributed by atoms with Crippen molar-refractivity contribution < 1.29 is 13.2 Å². The molecule has 2 aliphatic rings. The van der Waals surface area contributed by atoms with E-state index >= 15 is 0 Å². The fraction of sp³-hybridized carbons (Fsp3) is 1.00. The second-order valence-electron chi connectivity index (χ2n) is 4.14. The molecular formula is C9H14F3NS. The van der Waals surface area contributed by atoms with Crippen LogP contribution in [-0.2, 0) is 0 Å². The summed E-state index contributed by atoms with van der Waals surface area (Å²) in [7, 11) is 0. The van der Waals surface area contributed by atoms with E-state index in [-0.39, 0.29) is 18.9 Å². The minimum atomic E-state index is -4.06. The minimum Gasteiger partial charge on any atom is -0.300 e. The Morgan fingerprint density at radius 3 is 2.43 bits per heavy atom. The Bertz CT molecular complexity index is 207. The van der Waals surface area contributed by atoms with E-state index in [1.807, 2.05) is 0 Å². The Hall–Kier alpha value is 0.100. The first-order valence-electron chi connectivity index (χ1n) is 4.96.